The standard InChI is InChI=1S/C28H50N8O8/c1-9-23(39)32(4)15-25(41)34(6)17-27(43)36(8)19-28(44)35(7)18-26(42)33(5)16-24(40)31(3)14-22(38)30-21(20(2)37)12-10-11-13-29/h21H,9-19,29H2,1-8H3,(H,30,38)/t21-/m1/s1. The average Bonchev–Trinajstić information content (AvgIpc) is 2.95. The van der Waals surface area contributed by atoms with Gasteiger partial charge in [-0.25, -0.2) is 0 Å². The number of amides is 7. The summed E-state index contributed by atoms with van der Waals surface area (Å²) in [4.78, 5) is 106. The van der Waals surface area contributed by atoms with Crippen LogP contribution in [0, 0.1) is 0 Å². The van der Waals surface area contributed by atoms with Gasteiger partial charge in [-0.3, -0.25) is 38.4 Å². The molecule has 0 spiro atoms. The molecule has 0 aliphatic carbocycles. The van der Waals surface area contributed by atoms with E-state index in [1.807, 2.05) is 0 Å². The van der Waals surface area contributed by atoms with Gasteiger partial charge in [0, 0.05) is 48.7 Å². The fourth-order valence-electron chi connectivity index (χ4n) is 3.74. The Morgan fingerprint density at radius 2 is 0.864 bits per heavy atom. The molecule has 1 atom stereocenters. The van der Waals surface area contributed by atoms with E-state index in [2.05, 4.69) is 5.32 Å². The summed E-state index contributed by atoms with van der Waals surface area (Å²) in [7, 11) is 8.44. The lowest BCUT2D eigenvalue weighted by Gasteiger charge is -2.26. The maximum absolute atomic E-state index is 12.7. The molecule has 0 radical (unpaired) electrons. The monoisotopic (exact) mass is 626 g/mol. The van der Waals surface area contributed by atoms with E-state index in [1.54, 1.807) is 6.92 Å². The third-order valence-corrected chi connectivity index (χ3v) is 6.87. The number of likely N-dealkylation sites (N-methyl/N-ethyl adjacent to an activating group) is 6. The van der Waals surface area contributed by atoms with Crippen molar-refractivity contribution in [3.05, 3.63) is 0 Å². The van der Waals surface area contributed by atoms with Crippen molar-refractivity contribution in [3.63, 3.8) is 0 Å². The summed E-state index contributed by atoms with van der Waals surface area (Å²) in [5.41, 5.74) is 5.47. The van der Waals surface area contributed by atoms with Gasteiger partial charge in [-0.15, -0.1) is 0 Å². The van der Waals surface area contributed by atoms with Crippen LogP contribution in [0.25, 0.3) is 0 Å². The summed E-state index contributed by atoms with van der Waals surface area (Å²) in [6.07, 6.45) is 2.08. The molecule has 0 heterocycles. The van der Waals surface area contributed by atoms with Gasteiger partial charge in [-0.2, -0.15) is 0 Å². The summed E-state index contributed by atoms with van der Waals surface area (Å²) in [5.74, 6) is -3.49. The van der Waals surface area contributed by atoms with Crippen LogP contribution in [0.3, 0.4) is 0 Å². The van der Waals surface area contributed by atoms with E-state index in [-0.39, 0.29) is 57.4 Å². The molecule has 0 saturated heterocycles. The topological polar surface area (TPSA) is 194 Å². The molecule has 0 rings (SSSR count). The smallest absolute Gasteiger partial charge is 0.242 e. The largest absolute Gasteiger partial charge is 0.345 e. The van der Waals surface area contributed by atoms with Crippen LogP contribution in [0.15, 0.2) is 0 Å². The number of nitrogens with zero attached hydrogens (tertiary/aromatic N) is 6. The maximum atomic E-state index is 12.7. The number of ketones is 1. The Hall–Kier alpha value is -4.08. The molecule has 16 heteroatoms. The first-order valence-corrected chi connectivity index (χ1v) is 14.4. The minimum atomic E-state index is -0.669. The minimum absolute atomic E-state index is 0.182. The number of nitrogens with one attached hydrogen (secondary N) is 1. The summed E-state index contributed by atoms with van der Waals surface area (Å²) in [5, 5.41) is 2.62. The van der Waals surface area contributed by atoms with Crippen LogP contribution < -0.4 is 11.1 Å². The molecule has 250 valence electrons. The predicted octanol–water partition coefficient (Wildman–Crippen LogP) is -2.65. The van der Waals surface area contributed by atoms with Crippen LogP contribution in [-0.2, 0) is 38.4 Å². The summed E-state index contributed by atoms with van der Waals surface area (Å²) in [6, 6.07) is -0.669. The third-order valence-electron chi connectivity index (χ3n) is 6.87. The van der Waals surface area contributed by atoms with Crippen LogP contribution in [0.4, 0.5) is 0 Å². The molecule has 0 aromatic heterocycles. The molecule has 0 saturated carbocycles. The Morgan fingerprint density at radius 1 is 0.545 bits per heavy atom. The lowest BCUT2D eigenvalue weighted by Crippen LogP contribution is -2.49. The molecule has 0 aromatic rings. The predicted molar refractivity (Wildman–Crippen MR) is 162 cm³/mol. The number of hydrogen-bond donors (Lipinski definition) is 2. The molecular formula is C28H50N8O8. The van der Waals surface area contributed by atoms with Crippen molar-refractivity contribution in [2.24, 2.45) is 5.73 Å². The van der Waals surface area contributed by atoms with Gasteiger partial charge in [0.15, 0.2) is 5.78 Å². The molecule has 0 aromatic carbocycles. The molecule has 0 bridgehead atoms. The minimum Gasteiger partial charge on any atom is -0.345 e. The Morgan fingerprint density at radius 3 is 1.16 bits per heavy atom. The lowest BCUT2D eigenvalue weighted by molar-refractivity contribution is -0.145. The fourth-order valence-corrected chi connectivity index (χ4v) is 3.74. The normalized spacial score (nSPS) is 11.1. The van der Waals surface area contributed by atoms with Crippen molar-refractivity contribution in [1.29, 1.82) is 0 Å². The van der Waals surface area contributed by atoms with Gasteiger partial charge in [0.1, 0.15) is 0 Å². The number of unbranched alkanes of at least 4 members (excludes halogenated alkanes) is 1. The van der Waals surface area contributed by atoms with Crippen molar-refractivity contribution in [3.8, 4) is 0 Å². The number of nitrogens with two attached hydrogens (primary N) is 1. The van der Waals surface area contributed by atoms with E-state index in [0.29, 0.717) is 19.4 Å². The quantitative estimate of drug-likeness (QED) is 0.144. The zero-order valence-corrected chi connectivity index (χ0v) is 27.4. The van der Waals surface area contributed by atoms with E-state index in [4.69, 9.17) is 5.73 Å². The zero-order valence-electron chi connectivity index (χ0n) is 27.4. The van der Waals surface area contributed by atoms with E-state index in [9.17, 15) is 38.4 Å². The van der Waals surface area contributed by atoms with Crippen molar-refractivity contribution < 1.29 is 38.4 Å². The van der Waals surface area contributed by atoms with Gasteiger partial charge in [-0.1, -0.05) is 6.92 Å². The van der Waals surface area contributed by atoms with Gasteiger partial charge in [0.25, 0.3) is 0 Å². The van der Waals surface area contributed by atoms with Gasteiger partial charge in [-0.05, 0) is 32.7 Å². The van der Waals surface area contributed by atoms with Crippen LogP contribution >= 0.6 is 0 Å². The Labute approximate surface area is 259 Å². The highest BCUT2D eigenvalue weighted by Crippen LogP contribution is 2.03. The summed E-state index contributed by atoms with van der Waals surface area (Å²) < 4.78 is 0. The number of rotatable bonds is 19. The van der Waals surface area contributed by atoms with Crippen LogP contribution in [-0.4, -0.2) is 171 Å². The van der Waals surface area contributed by atoms with Gasteiger partial charge in [0.2, 0.25) is 41.4 Å². The highest BCUT2D eigenvalue weighted by atomic mass is 16.2. The van der Waals surface area contributed by atoms with Crippen molar-refractivity contribution in [2.75, 3.05) is 88.1 Å². The van der Waals surface area contributed by atoms with Gasteiger partial charge in [0.05, 0.1) is 45.3 Å². The highest BCUT2D eigenvalue weighted by Gasteiger charge is 2.24. The Bertz CT molecular complexity index is 1050. The van der Waals surface area contributed by atoms with Crippen molar-refractivity contribution >= 4 is 47.1 Å². The first-order chi connectivity index (χ1) is 20.4. The third kappa shape index (κ3) is 14.9. The molecule has 0 fully saturated rings. The van der Waals surface area contributed by atoms with E-state index in [0.717, 1.165) is 30.9 Å². The molecular weight excluding hydrogens is 576 g/mol. The summed E-state index contributed by atoms with van der Waals surface area (Å²) >= 11 is 0. The molecule has 0 aliphatic heterocycles. The zero-order chi connectivity index (χ0) is 34.1. The van der Waals surface area contributed by atoms with Crippen molar-refractivity contribution in [2.45, 2.75) is 45.6 Å². The maximum Gasteiger partial charge on any atom is 0.242 e. The first-order valence-electron chi connectivity index (χ1n) is 14.4. The van der Waals surface area contributed by atoms with E-state index >= 15 is 0 Å². The number of Topliss-reactive ketones (excluding diaryl/α,β-unsaturated/α-hetero) is 1. The second-order valence-corrected chi connectivity index (χ2v) is 10.9. The Balaban J connectivity index is 4.78. The van der Waals surface area contributed by atoms with Crippen LogP contribution in [0.2, 0.25) is 0 Å². The summed E-state index contributed by atoms with van der Waals surface area (Å²) in [6.45, 7) is 1.66. The molecule has 3 N–H and O–H groups in total. The second kappa shape index (κ2) is 20.0. The molecule has 0 aliphatic rings. The number of hydrogen-bond acceptors (Lipinski definition) is 9. The lowest BCUT2D eigenvalue weighted by atomic mass is 10.1. The molecule has 16 nitrogen and oxygen atoms in total. The molecule has 44 heavy (non-hydrogen) atoms. The molecule has 7 amide bonds. The number of carbonyl (C=O) groups is 8. The first kappa shape index (κ1) is 39.9. The van der Waals surface area contributed by atoms with Crippen LogP contribution in [0.5, 0.6) is 0 Å². The van der Waals surface area contributed by atoms with Crippen LogP contribution in [0.1, 0.15) is 39.5 Å². The second-order valence-electron chi connectivity index (χ2n) is 10.9. The SMILES string of the molecule is CCC(=O)N(C)CC(=O)N(C)CC(=O)N(C)CC(=O)N(C)CC(=O)N(C)CC(=O)N(C)CC(=O)N[C@H](CCCCN)C(C)=O. The molecule has 0 unspecified atom stereocenters. The Kier molecular flexibility index (Phi) is 18.1. The number of carbonyl (C=O) groups excluding carboxylic acids is 8. The van der Waals surface area contributed by atoms with E-state index < -0.39 is 41.5 Å². The average molecular weight is 627 g/mol. The fraction of sp³-hybridized carbons (Fsp3) is 0.714. The van der Waals surface area contributed by atoms with E-state index in [1.165, 1.54) is 54.1 Å². The van der Waals surface area contributed by atoms with Gasteiger partial charge < -0.3 is 40.4 Å². The van der Waals surface area contributed by atoms with Gasteiger partial charge >= 0.3 is 0 Å². The highest BCUT2D eigenvalue weighted by molar-refractivity contribution is 5.93. The van der Waals surface area contributed by atoms with Crippen molar-refractivity contribution in [1.82, 2.24) is 34.7 Å².